The van der Waals surface area contributed by atoms with Gasteiger partial charge in [-0.25, -0.2) is 0 Å². The van der Waals surface area contributed by atoms with Crippen LogP contribution in [-0.2, 0) is 11.3 Å². The van der Waals surface area contributed by atoms with Gasteiger partial charge in [0.2, 0.25) is 12.7 Å². The average molecular weight is 374 g/mol. The highest BCUT2D eigenvalue weighted by Gasteiger charge is 2.16. The minimum Gasteiger partial charge on any atom is -0.454 e. The summed E-state index contributed by atoms with van der Waals surface area (Å²) < 4.78 is 10.7. The van der Waals surface area contributed by atoms with Crippen molar-refractivity contribution in [1.82, 2.24) is 10.2 Å². The number of ether oxygens (including phenoxy) is 2. The molecule has 2 aromatic rings. The van der Waals surface area contributed by atoms with Gasteiger partial charge in [-0.1, -0.05) is 6.07 Å². The molecule has 2 amide bonds. The predicted octanol–water partition coefficient (Wildman–Crippen LogP) is 3.04. The summed E-state index contributed by atoms with van der Waals surface area (Å²) in [5.74, 6) is 1.45. The van der Waals surface area contributed by atoms with Gasteiger partial charge in [0.15, 0.2) is 11.5 Å². The topological polar surface area (TPSA) is 67.9 Å². The van der Waals surface area contributed by atoms with Crippen LogP contribution in [0, 0.1) is 0 Å². The standard InChI is InChI=1S/C19H22N2O4S/c1-2-21(11-14-5-6-16-17(10-14)25-13-24-16)18(22)4-3-8-20-19(23)15-7-9-26-12-15/h5-7,9-10,12H,2-4,8,11,13H2,1H3,(H,20,23). The van der Waals surface area contributed by atoms with Crippen molar-refractivity contribution < 1.29 is 19.1 Å². The molecule has 0 aliphatic carbocycles. The Kier molecular flexibility index (Phi) is 6.12. The van der Waals surface area contributed by atoms with E-state index >= 15 is 0 Å². The number of amides is 2. The van der Waals surface area contributed by atoms with Crippen molar-refractivity contribution in [3.05, 3.63) is 46.2 Å². The molecule has 0 radical (unpaired) electrons. The van der Waals surface area contributed by atoms with Gasteiger partial charge in [0, 0.05) is 37.0 Å². The van der Waals surface area contributed by atoms with Crippen molar-refractivity contribution in [2.24, 2.45) is 0 Å². The summed E-state index contributed by atoms with van der Waals surface area (Å²) in [6.45, 7) is 3.86. The highest BCUT2D eigenvalue weighted by Crippen LogP contribution is 2.32. The van der Waals surface area contributed by atoms with Crippen LogP contribution in [-0.4, -0.2) is 36.6 Å². The molecule has 0 spiro atoms. The SMILES string of the molecule is CCN(Cc1ccc2c(c1)OCO2)C(=O)CCCNC(=O)c1ccsc1. The molecule has 1 aliphatic heterocycles. The van der Waals surface area contributed by atoms with Crippen LogP contribution in [0.5, 0.6) is 11.5 Å². The molecule has 0 atom stereocenters. The predicted molar refractivity (Wildman–Crippen MR) is 99.5 cm³/mol. The van der Waals surface area contributed by atoms with Crippen LogP contribution in [0.15, 0.2) is 35.0 Å². The first kappa shape index (κ1) is 18.3. The maximum atomic E-state index is 12.4. The van der Waals surface area contributed by atoms with Crippen molar-refractivity contribution in [3.8, 4) is 11.5 Å². The summed E-state index contributed by atoms with van der Waals surface area (Å²) in [6, 6.07) is 7.52. The summed E-state index contributed by atoms with van der Waals surface area (Å²) in [7, 11) is 0. The summed E-state index contributed by atoms with van der Waals surface area (Å²) in [5.41, 5.74) is 1.68. The van der Waals surface area contributed by atoms with E-state index in [0.29, 0.717) is 38.0 Å². The van der Waals surface area contributed by atoms with Gasteiger partial charge in [0.1, 0.15) is 0 Å². The Bertz CT molecular complexity index is 761. The smallest absolute Gasteiger partial charge is 0.252 e. The molecule has 26 heavy (non-hydrogen) atoms. The first-order valence-corrected chi connectivity index (χ1v) is 9.58. The fourth-order valence-corrected chi connectivity index (χ4v) is 3.37. The van der Waals surface area contributed by atoms with E-state index in [2.05, 4.69) is 5.32 Å². The Labute approximate surface area is 156 Å². The third kappa shape index (κ3) is 4.54. The fraction of sp³-hybridized carbons (Fsp3) is 0.368. The van der Waals surface area contributed by atoms with Crippen molar-refractivity contribution >= 4 is 23.2 Å². The summed E-state index contributed by atoms with van der Waals surface area (Å²) >= 11 is 1.49. The number of thiophene rings is 1. The monoisotopic (exact) mass is 374 g/mol. The minimum absolute atomic E-state index is 0.0787. The zero-order valence-corrected chi connectivity index (χ0v) is 15.5. The summed E-state index contributed by atoms with van der Waals surface area (Å²) in [5, 5.41) is 6.52. The number of hydrogen-bond donors (Lipinski definition) is 1. The van der Waals surface area contributed by atoms with Crippen LogP contribution in [0.1, 0.15) is 35.7 Å². The van der Waals surface area contributed by atoms with E-state index < -0.39 is 0 Å². The molecule has 138 valence electrons. The van der Waals surface area contributed by atoms with Gasteiger partial charge in [0.25, 0.3) is 5.91 Å². The number of fused-ring (bicyclic) bond motifs is 1. The number of nitrogens with zero attached hydrogens (tertiary/aromatic N) is 1. The Morgan fingerprint density at radius 2 is 2.08 bits per heavy atom. The molecule has 7 heteroatoms. The van der Waals surface area contributed by atoms with Gasteiger partial charge in [-0.15, -0.1) is 0 Å². The van der Waals surface area contributed by atoms with Crippen LogP contribution < -0.4 is 14.8 Å². The molecule has 0 unspecified atom stereocenters. The third-order valence-electron chi connectivity index (χ3n) is 4.18. The highest BCUT2D eigenvalue weighted by molar-refractivity contribution is 7.08. The van der Waals surface area contributed by atoms with Crippen LogP contribution in [0.2, 0.25) is 0 Å². The largest absolute Gasteiger partial charge is 0.454 e. The molecule has 0 saturated carbocycles. The van der Waals surface area contributed by atoms with Gasteiger partial charge >= 0.3 is 0 Å². The van der Waals surface area contributed by atoms with Gasteiger partial charge in [-0.2, -0.15) is 11.3 Å². The number of benzene rings is 1. The van der Waals surface area contributed by atoms with Crippen LogP contribution >= 0.6 is 11.3 Å². The van der Waals surface area contributed by atoms with E-state index in [9.17, 15) is 9.59 Å². The molecular formula is C19H22N2O4S. The number of rotatable bonds is 8. The highest BCUT2D eigenvalue weighted by atomic mass is 32.1. The molecule has 1 aromatic carbocycles. The van der Waals surface area contributed by atoms with Gasteiger partial charge in [-0.3, -0.25) is 9.59 Å². The first-order valence-electron chi connectivity index (χ1n) is 8.64. The molecular weight excluding hydrogens is 352 g/mol. The molecule has 0 saturated heterocycles. The van der Waals surface area contributed by atoms with Gasteiger partial charge in [0.05, 0.1) is 0 Å². The number of carbonyl (C=O) groups excluding carboxylic acids is 2. The first-order chi connectivity index (χ1) is 12.7. The van der Waals surface area contributed by atoms with Crippen molar-refractivity contribution in [3.63, 3.8) is 0 Å². The normalized spacial score (nSPS) is 12.0. The second kappa shape index (κ2) is 8.71. The zero-order chi connectivity index (χ0) is 18.4. The van der Waals surface area contributed by atoms with Gasteiger partial charge in [-0.05, 0) is 42.5 Å². The Hall–Kier alpha value is -2.54. The summed E-state index contributed by atoms with van der Waals surface area (Å²) in [6.07, 6.45) is 1.02. The average Bonchev–Trinajstić information content (AvgIpc) is 3.34. The maximum Gasteiger partial charge on any atom is 0.252 e. The number of hydrogen-bond acceptors (Lipinski definition) is 5. The minimum atomic E-state index is -0.0913. The van der Waals surface area contributed by atoms with E-state index in [4.69, 9.17) is 9.47 Å². The van der Waals surface area contributed by atoms with Crippen molar-refractivity contribution in [2.75, 3.05) is 19.9 Å². The van der Waals surface area contributed by atoms with E-state index in [-0.39, 0.29) is 18.6 Å². The molecule has 1 aliphatic rings. The van der Waals surface area contributed by atoms with E-state index in [1.807, 2.05) is 35.9 Å². The molecule has 2 heterocycles. The van der Waals surface area contributed by atoms with E-state index in [1.54, 1.807) is 11.0 Å². The van der Waals surface area contributed by atoms with E-state index in [1.165, 1.54) is 11.3 Å². The maximum absolute atomic E-state index is 12.4. The summed E-state index contributed by atoms with van der Waals surface area (Å²) in [4.78, 5) is 26.1. The lowest BCUT2D eigenvalue weighted by Crippen LogP contribution is -2.31. The molecule has 0 fully saturated rings. The van der Waals surface area contributed by atoms with Crippen LogP contribution in [0.25, 0.3) is 0 Å². The molecule has 6 nitrogen and oxygen atoms in total. The molecule has 1 aromatic heterocycles. The van der Waals surface area contributed by atoms with Crippen LogP contribution in [0.4, 0.5) is 0 Å². The second-order valence-electron chi connectivity index (χ2n) is 5.97. The lowest BCUT2D eigenvalue weighted by atomic mass is 10.1. The Balaban J connectivity index is 1.44. The Morgan fingerprint density at radius 3 is 2.85 bits per heavy atom. The van der Waals surface area contributed by atoms with Crippen molar-refractivity contribution in [2.45, 2.75) is 26.3 Å². The fourth-order valence-electron chi connectivity index (χ4n) is 2.73. The number of nitrogens with one attached hydrogen (secondary N) is 1. The van der Waals surface area contributed by atoms with Crippen LogP contribution in [0.3, 0.4) is 0 Å². The molecule has 3 rings (SSSR count). The van der Waals surface area contributed by atoms with Gasteiger partial charge < -0.3 is 19.7 Å². The van der Waals surface area contributed by atoms with Crippen molar-refractivity contribution in [1.29, 1.82) is 0 Å². The van der Waals surface area contributed by atoms with E-state index in [0.717, 1.165) is 17.1 Å². The third-order valence-corrected chi connectivity index (χ3v) is 4.86. The second-order valence-corrected chi connectivity index (χ2v) is 6.75. The Morgan fingerprint density at radius 1 is 1.23 bits per heavy atom. The number of carbonyl (C=O) groups is 2. The quantitative estimate of drug-likeness (QED) is 0.721. The zero-order valence-electron chi connectivity index (χ0n) is 14.7. The molecule has 0 bridgehead atoms. The lowest BCUT2D eigenvalue weighted by Gasteiger charge is -2.21. The lowest BCUT2D eigenvalue weighted by molar-refractivity contribution is -0.131. The molecule has 1 N–H and O–H groups in total.